The second-order valence-corrected chi connectivity index (χ2v) is 7.09. The van der Waals surface area contributed by atoms with Gasteiger partial charge < -0.3 is 0 Å². The van der Waals surface area contributed by atoms with Crippen molar-refractivity contribution in [3.05, 3.63) is 70.3 Å². The van der Waals surface area contributed by atoms with Gasteiger partial charge in [-0.1, -0.05) is 42.5 Å². The first-order valence-electron chi connectivity index (χ1n) is 7.09. The highest BCUT2D eigenvalue weighted by molar-refractivity contribution is 7.89. The Labute approximate surface area is 139 Å². The number of carbonyl (C=O) groups is 1. The highest BCUT2D eigenvalue weighted by atomic mass is 32.2. The van der Waals surface area contributed by atoms with E-state index in [1.807, 2.05) is 0 Å². The Morgan fingerprint density at radius 3 is 2.25 bits per heavy atom. The molecule has 0 heterocycles. The second kappa shape index (κ2) is 7.33. The van der Waals surface area contributed by atoms with Gasteiger partial charge in [0.2, 0.25) is 0 Å². The van der Waals surface area contributed by atoms with Gasteiger partial charge in [-0.15, -0.1) is 0 Å². The van der Waals surface area contributed by atoms with Crippen LogP contribution >= 0.6 is 0 Å². The summed E-state index contributed by atoms with van der Waals surface area (Å²) < 4.78 is 26.7. The maximum absolute atomic E-state index is 12.9. The topological polar surface area (TPSA) is 97.6 Å². The molecule has 0 bridgehead atoms. The number of benzene rings is 2. The smallest absolute Gasteiger partial charge is 0.289 e. The molecule has 24 heavy (non-hydrogen) atoms. The average molecular weight is 348 g/mol. The Morgan fingerprint density at radius 1 is 1.08 bits per heavy atom. The molecule has 0 saturated carbocycles. The van der Waals surface area contributed by atoms with Gasteiger partial charge in [0, 0.05) is 12.6 Å². The zero-order valence-electron chi connectivity index (χ0n) is 13.0. The molecule has 0 amide bonds. The van der Waals surface area contributed by atoms with E-state index >= 15 is 0 Å². The summed E-state index contributed by atoms with van der Waals surface area (Å²) in [7, 11) is -4.20. The van der Waals surface area contributed by atoms with Crippen molar-refractivity contribution in [3.63, 3.8) is 0 Å². The fraction of sp³-hybridized carbons (Fsp3) is 0.188. The monoisotopic (exact) mass is 348 g/mol. The minimum atomic E-state index is -4.20. The molecule has 7 nitrogen and oxygen atoms in total. The van der Waals surface area contributed by atoms with Crippen molar-refractivity contribution in [1.82, 2.24) is 4.31 Å². The van der Waals surface area contributed by atoms with Crippen LogP contribution in [0.5, 0.6) is 0 Å². The molecule has 0 unspecified atom stereocenters. The van der Waals surface area contributed by atoms with Crippen LogP contribution in [-0.2, 0) is 21.4 Å². The second-order valence-electron chi connectivity index (χ2n) is 5.19. The van der Waals surface area contributed by atoms with Crippen molar-refractivity contribution < 1.29 is 18.1 Å². The summed E-state index contributed by atoms with van der Waals surface area (Å²) >= 11 is 0. The van der Waals surface area contributed by atoms with Crippen LogP contribution in [0, 0.1) is 10.1 Å². The van der Waals surface area contributed by atoms with E-state index in [2.05, 4.69) is 0 Å². The zero-order valence-corrected chi connectivity index (χ0v) is 13.8. The Balaban J connectivity index is 2.48. The van der Waals surface area contributed by atoms with Crippen LogP contribution in [0.25, 0.3) is 0 Å². The molecule has 0 aliphatic heterocycles. The number of nitrogens with zero attached hydrogens (tertiary/aromatic N) is 2. The first-order valence-corrected chi connectivity index (χ1v) is 8.53. The lowest BCUT2D eigenvalue weighted by atomic mass is 10.2. The molecule has 2 rings (SSSR count). The van der Waals surface area contributed by atoms with Crippen LogP contribution in [0.3, 0.4) is 0 Å². The number of ketones is 1. The Morgan fingerprint density at radius 2 is 1.67 bits per heavy atom. The molecule has 2 aromatic rings. The van der Waals surface area contributed by atoms with Gasteiger partial charge in [0.05, 0.1) is 11.5 Å². The maximum Gasteiger partial charge on any atom is 0.289 e. The third-order valence-corrected chi connectivity index (χ3v) is 5.12. The summed E-state index contributed by atoms with van der Waals surface area (Å²) in [5, 5.41) is 11.1. The van der Waals surface area contributed by atoms with Crippen LogP contribution < -0.4 is 0 Å². The van der Waals surface area contributed by atoms with Crippen molar-refractivity contribution in [2.45, 2.75) is 18.4 Å². The molecule has 0 radical (unpaired) electrons. The largest absolute Gasteiger partial charge is 0.299 e. The van der Waals surface area contributed by atoms with Crippen molar-refractivity contribution in [1.29, 1.82) is 0 Å². The molecular formula is C16H16N2O5S. The van der Waals surface area contributed by atoms with Gasteiger partial charge >= 0.3 is 0 Å². The zero-order chi connectivity index (χ0) is 17.7. The number of rotatable bonds is 7. The summed E-state index contributed by atoms with van der Waals surface area (Å²) in [5.74, 6) is -0.354. The van der Waals surface area contributed by atoms with E-state index in [9.17, 15) is 23.3 Å². The van der Waals surface area contributed by atoms with Gasteiger partial charge in [0.1, 0.15) is 5.78 Å². The van der Waals surface area contributed by atoms with E-state index in [4.69, 9.17) is 0 Å². The summed E-state index contributed by atoms with van der Waals surface area (Å²) in [5.41, 5.74) is 0.167. The molecule has 0 aromatic heterocycles. The lowest BCUT2D eigenvalue weighted by Crippen LogP contribution is -2.34. The number of sulfonamides is 1. The van der Waals surface area contributed by atoms with Gasteiger partial charge in [-0.3, -0.25) is 14.9 Å². The lowest BCUT2D eigenvalue weighted by Gasteiger charge is -2.21. The normalized spacial score (nSPS) is 11.4. The highest BCUT2D eigenvalue weighted by Crippen LogP contribution is 2.27. The van der Waals surface area contributed by atoms with Crippen molar-refractivity contribution in [2.75, 3.05) is 6.54 Å². The van der Waals surface area contributed by atoms with Crippen LogP contribution in [0.4, 0.5) is 5.69 Å². The Hall–Kier alpha value is -2.58. The molecular weight excluding hydrogens is 332 g/mol. The van der Waals surface area contributed by atoms with E-state index in [-0.39, 0.29) is 18.9 Å². The summed E-state index contributed by atoms with van der Waals surface area (Å²) in [6.45, 7) is 0.866. The number of nitro benzene ring substituents is 1. The maximum atomic E-state index is 12.9. The molecule has 0 aliphatic carbocycles. The van der Waals surface area contributed by atoms with Crippen LogP contribution in [0.2, 0.25) is 0 Å². The third-order valence-electron chi connectivity index (χ3n) is 3.28. The molecule has 0 spiro atoms. The summed E-state index contributed by atoms with van der Waals surface area (Å²) in [4.78, 5) is 21.5. The number of hydrogen-bond acceptors (Lipinski definition) is 5. The first kappa shape index (κ1) is 17.8. The SMILES string of the molecule is CC(=O)CN(Cc1ccccc1)S(=O)(=O)c1ccccc1[N+](=O)[O-]. The third kappa shape index (κ3) is 4.03. The average Bonchev–Trinajstić information content (AvgIpc) is 2.54. The number of para-hydroxylation sites is 1. The van der Waals surface area contributed by atoms with Crippen LogP contribution in [0.1, 0.15) is 12.5 Å². The minimum absolute atomic E-state index is 0.0468. The Kier molecular flexibility index (Phi) is 5.42. The predicted molar refractivity (Wildman–Crippen MR) is 87.8 cm³/mol. The molecule has 2 aromatic carbocycles. The predicted octanol–water partition coefficient (Wildman–Crippen LogP) is 2.37. The summed E-state index contributed by atoms with van der Waals surface area (Å²) in [6, 6.07) is 13.8. The molecule has 8 heteroatoms. The molecule has 0 aliphatic rings. The van der Waals surface area contributed by atoms with Gasteiger partial charge in [-0.2, -0.15) is 4.31 Å². The van der Waals surface area contributed by atoms with Crippen molar-refractivity contribution >= 4 is 21.5 Å². The van der Waals surface area contributed by atoms with Gasteiger partial charge in [0.25, 0.3) is 15.7 Å². The van der Waals surface area contributed by atoms with Gasteiger partial charge in [0.15, 0.2) is 4.90 Å². The van der Waals surface area contributed by atoms with E-state index < -0.39 is 25.5 Å². The van der Waals surface area contributed by atoms with E-state index in [0.29, 0.717) is 5.56 Å². The molecule has 0 N–H and O–H groups in total. The van der Waals surface area contributed by atoms with Crippen LogP contribution in [0.15, 0.2) is 59.5 Å². The highest BCUT2D eigenvalue weighted by Gasteiger charge is 2.32. The standard InChI is InChI=1S/C16H16N2O5S/c1-13(19)11-17(12-14-7-3-2-4-8-14)24(22,23)16-10-6-5-9-15(16)18(20)21/h2-10H,11-12H2,1H3. The van der Waals surface area contributed by atoms with Crippen LogP contribution in [-0.4, -0.2) is 30.0 Å². The first-order chi connectivity index (χ1) is 11.3. The Bertz CT molecular complexity index is 850. The van der Waals surface area contributed by atoms with Gasteiger partial charge in [-0.25, -0.2) is 8.42 Å². The van der Waals surface area contributed by atoms with E-state index in [1.54, 1.807) is 30.3 Å². The van der Waals surface area contributed by atoms with Crippen molar-refractivity contribution in [3.8, 4) is 0 Å². The summed E-state index contributed by atoms with van der Waals surface area (Å²) in [6.07, 6.45) is 0. The van der Waals surface area contributed by atoms with E-state index in [1.165, 1.54) is 25.1 Å². The van der Waals surface area contributed by atoms with E-state index in [0.717, 1.165) is 10.4 Å². The number of hydrogen-bond donors (Lipinski definition) is 0. The number of Topliss-reactive ketones (excluding diaryl/α,β-unsaturated/α-hetero) is 1. The number of nitro groups is 1. The number of carbonyl (C=O) groups excluding carboxylic acids is 1. The quantitative estimate of drug-likeness (QED) is 0.565. The molecule has 126 valence electrons. The fourth-order valence-corrected chi connectivity index (χ4v) is 3.83. The molecule has 0 fully saturated rings. The molecule has 0 atom stereocenters. The fourth-order valence-electron chi connectivity index (χ4n) is 2.23. The van der Waals surface area contributed by atoms with Gasteiger partial charge in [-0.05, 0) is 18.6 Å². The minimum Gasteiger partial charge on any atom is -0.299 e. The lowest BCUT2D eigenvalue weighted by molar-refractivity contribution is -0.387. The molecule has 0 saturated heterocycles. The van der Waals surface area contributed by atoms with Crippen molar-refractivity contribution in [2.24, 2.45) is 0 Å².